The normalized spacial score (nSPS) is 11.6. The third kappa shape index (κ3) is 4.69. The van der Waals surface area contributed by atoms with Crippen molar-refractivity contribution in [3.8, 4) is 50.2 Å². The first-order valence-electron chi connectivity index (χ1n) is 17.1. The van der Waals surface area contributed by atoms with E-state index in [1.807, 2.05) is 11.3 Å². The molecule has 0 aliphatic carbocycles. The lowest BCUT2D eigenvalue weighted by atomic mass is 9.95. The van der Waals surface area contributed by atoms with Gasteiger partial charge in [-0.1, -0.05) is 152 Å². The minimum absolute atomic E-state index is 1.16. The van der Waals surface area contributed by atoms with Gasteiger partial charge in [0.15, 0.2) is 0 Å². The monoisotopic (exact) mass is 653 g/mol. The molecular weight excluding hydrogens is 623 g/mol. The van der Waals surface area contributed by atoms with Gasteiger partial charge >= 0.3 is 0 Å². The molecule has 0 spiro atoms. The van der Waals surface area contributed by atoms with Gasteiger partial charge in [0.1, 0.15) is 0 Å². The molecule has 1 nitrogen and oxygen atoms in total. The minimum atomic E-state index is 1.16. The van der Waals surface area contributed by atoms with Gasteiger partial charge in [0, 0.05) is 36.6 Å². The van der Waals surface area contributed by atoms with Crippen molar-refractivity contribution in [3.63, 3.8) is 0 Å². The molecule has 0 bridgehead atoms. The van der Waals surface area contributed by atoms with E-state index in [4.69, 9.17) is 0 Å². The van der Waals surface area contributed by atoms with Crippen LogP contribution in [-0.4, -0.2) is 4.57 Å². The van der Waals surface area contributed by atoms with Gasteiger partial charge in [-0.25, -0.2) is 0 Å². The minimum Gasteiger partial charge on any atom is -0.309 e. The highest BCUT2D eigenvalue weighted by atomic mass is 32.1. The van der Waals surface area contributed by atoms with Crippen LogP contribution in [0.1, 0.15) is 0 Å². The fraction of sp³-hybridized carbons (Fsp3) is 0. The van der Waals surface area contributed by atoms with Gasteiger partial charge in [0.05, 0.1) is 11.0 Å². The Morgan fingerprint density at radius 2 is 0.840 bits per heavy atom. The van der Waals surface area contributed by atoms with E-state index in [2.05, 4.69) is 193 Å². The highest BCUT2D eigenvalue weighted by Gasteiger charge is 2.22. The van der Waals surface area contributed by atoms with E-state index in [0.29, 0.717) is 0 Å². The van der Waals surface area contributed by atoms with E-state index in [1.54, 1.807) is 0 Å². The predicted molar refractivity (Wildman–Crippen MR) is 215 cm³/mol. The highest BCUT2D eigenvalue weighted by molar-refractivity contribution is 7.27. The van der Waals surface area contributed by atoms with Gasteiger partial charge in [-0.2, -0.15) is 0 Å². The molecule has 0 atom stereocenters. The van der Waals surface area contributed by atoms with Crippen molar-refractivity contribution in [1.29, 1.82) is 0 Å². The summed E-state index contributed by atoms with van der Waals surface area (Å²) in [5.41, 5.74) is 13.5. The molecule has 0 N–H and O–H groups in total. The lowest BCUT2D eigenvalue weighted by molar-refractivity contribution is 1.18. The number of benzene rings is 8. The summed E-state index contributed by atoms with van der Waals surface area (Å²) < 4.78 is 5.11. The number of para-hydroxylation sites is 1. The van der Waals surface area contributed by atoms with E-state index < -0.39 is 0 Å². The third-order valence-corrected chi connectivity index (χ3v) is 11.2. The Kier molecular flexibility index (Phi) is 6.75. The van der Waals surface area contributed by atoms with Crippen molar-refractivity contribution in [1.82, 2.24) is 4.57 Å². The van der Waals surface area contributed by atoms with Gasteiger partial charge in [0.2, 0.25) is 0 Å². The average molecular weight is 654 g/mol. The second-order valence-corrected chi connectivity index (χ2v) is 14.0. The molecule has 2 aromatic heterocycles. The average Bonchev–Trinajstić information content (AvgIpc) is 3.74. The van der Waals surface area contributed by atoms with E-state index in [1.165, 1.54) is 86.5 Å². The number of thiophene rings is 1. The Labute approximate surface area is 295 Å². The van der Waals surface area contributed by atoms with Crippen molar-refractivity contribution in [2.75, 3.05) is 0 Å². The second kappa shape index (κ2) is 11.7. The van der Waals surface area contributed by atoms with E-state index >= 15 is 0 Å². The van der Waals surface area contributed by atoms with Gasteiger partial charge in [0.25, 0.3) is 0 Å². The molecule has 234 valence electrons. The van der Waals surface area contributed by atoms with Crippen molar-refractivity contribution in [3.05, 3.63) is 188 Å². The van der Waals surface area contributed by atoms with Crippen LogP contribution in [0, 0.1) is 0 Å². The van der Waals surface area contributed by atoms with Gasteiger partial charge in [-0.3, -0.25) is 0 Å². The lowest BCUT2D eigenvalue weighted by Gasteiger charge is -2.11. The molecule has 2 heteroatoms. The zero-order valence-electron chi connectivity index (χ0n) is 27.3. The van der Waals surface area contributed by atoms with Gasteiger partial charge < -0.3 is 4.57 Å². The van der Waals surface area contributed by atoms with E-state index in [0.717, 1.165) is 5.69 Å². The van der Waals surface area contributed by atoms with Crippen molar-refractivity contribution >= 4 is 53.3 Å². The molecule has 2 heterocycles. The Morgan fingerprint density at radius 1 is 0.340 bits per heavy atom. The first-order chi connectivity index (χ1) is 24.8. The van der Waals surface area contributed by atoms with Crippen LogP contribution in [-0.2, 0) is 0 Å². The molecule has 10 aromatic rings. The molecule has 0 amide bonds. The number of hydrogen-bond donors (Lipinski definition) is 0. The molecule has 0 aliphatic heterocycles. The maximum Gasteiger partial charge on any atom is 0.0561 e. The molecular formula is C48H31NS. The molecule has 10 rings (SSSR count). The van der Waals surface area contributed by atoms with Crippen LogP contribution in [0.3, 0.4) is 0 Å². The van der Waals surface area contributed by atoms with Crippen molar-refractivity contribution < 1.29 is 0 Å². The quantitative estimate of drug-likeness (QED) is 0.174. The summed E-state index contributed by atoms with van der Waals surface area (Å²) in [6, 6.07) is 68.5. The maximum atomic E-state index is 2.47. The van der Waals surface area contributed by atoms with Gasteiger partial charge in [-0.15, -0.1) is 11.3 Å². The molecule has 0 radical (unpaired) electrons. The Morgan fingerprint density at radius 3 is 1.50 bits per heavy atom. The number of hydrogen-bond acceptors (Lipinski definition) is 1. The molecule has 0 aliphatic rings. The largest absolute Gasteiger partial charge is 0.309 e. The predicted octanol–water partition coefficient (Wildman–Crippen LogP) is 13.8. The van der Waals surface area contributed by atoms with Crippen LogP contribution in [0.2, 0.25) is 0 Å². The molecule has 0 unspecified atom stereocenters. The fourth-order valence-corrected chi connectivity index (χ4v) is 8.87. The zero-order valence-corrected chi connectivity index (χ0v) is 28.1. The first-order valence-corrected chi connectivity index (χ1v) is 17.9. The summed E-state index contributed by atoms with van der Waals surface area (Å²) in [6.45, 7) is 0. The number of rotatable bonds is 5. The number of fused-ring (bicyclic) bond motifs is 7. The van der Waals surface area contributed by atoms with Crippen LogP contribution in [0.5, 0.6) is 0 Å². The summed E-state index contributed by atoms with van der Waals surface area (Å²) in [6.07, 6.45) is 0. The highest BCUT2D eigenvalue weighted by Crippen LogP contribution is 2.48. The summed E-state index contributed by atoms with van der Waals surface area (Å²) in [5, 5.41) is 5.22. The van der Waals surface area contributed by atoms with E-state index in [-0.39, 0.29) is 0 Å². The van der Waals surface area contributed by atoms with Crippen LogP contribution < -0.4 is 0 Å². The zero-order chi connectivity index (χ0) is 33.0. The van der Waals surface area contributed by atoms with Crippen molar-refractivity contribution in [2.24, 2.45) is 0 Å². The topological polar surface area (TPSA) is 4.93 Å². The molecule has 8 aromatic carbocycles. The van der Waals surface area contributed by atoms with E-state index in [9.17, 15) is 0 Å². The van der Waals surface area contributed by atoms with Crippen LogP contribution in [0.15, 0.2) is 188 Å². The molecule has 0 fully saturated rings. The lowest BCUT2D eigenvalue weighted by Crippen LogP contribution is -1.94. The first kappa shape index (κ1) is 28.8. The summed E-state index contributed by atoms with van der Waals surface area (Å²) in [7, 11) is 0. The number of nitrogens with zero attached hydrogens (tertiary/aromatic N) is 1. The van der Waals surface area contributed by atoms with Crippen LogP contribution in [0.25, 0.3) is 92.2 Å². The summed E-state index contributed by atoms with van der Waals surface area (Å²) in [4.78, 5) is 0. The Balaban J connectivity index is 1.27. The SMILES string of the molecule is c1ccc(-c2ccc(-c3ccc4c5c6sc7ccc(-c8ccccc8)cc7c6c(-c6ccccc6)cc5n(-c5ccccc5)c4c3)cc2)cc1. The number of aromatic nitrogens is 1. The van der Waals surface area contributed by atoms with Crippen LogP contribution in [0.4, 0.5) is 0 Å². The molecule has 50 heavy (non-hydrogen) atoms. The Hall–Kier alpha value is -6.22. The molecule has 0 saturated heterocycles. The van der Waals surface area contributed by atoms with Gasteiger partial charge in [-0.05, 0) is 80.9 Å². The van der Waals surface area contributed by atoms with Crippen molar-refractivity contribution in [2.45, 2.75) is 0 Å². The standard InChI is InChI=1S/C48H31NS/c1-5-13-32(14-6-1)34-21-23-35(24-22-34)38-25-27-40-43(30-38)49(39-19-11-4-12-20-39)44-31-41(36-17-9-3-10-18-36)46-42-29-37(33-15-7-2-8-16-33)26-28-45(42)50-48(46)47(40)44/h1-31H. The molecule has 0 saturated carbocycles. The summed E-state index contributed by atoms with van der Waals surface area (Å²) in [5.74, 6) is 0. The second-order valence-electron chi connectivity index (χ2n) is 12.9. The maximum absolute atomic E-state index is 2.47. The summed E-state index contributed by atoms with van der Waals surface area (Å²) >= 11 is 1.91. The Bertz CT molecular complexity index is 2810. The third-order valence-electron chi connectivity index (χ3n) is 10.0. The smallest absolute Gasteiger partial charge is 0.0561 e. The van der Waals surface area contributed by atoms with Crippen LogP contribution >= 0.6 is 11.3 Å². The fourth-order valence-electron chi connectivity index (χ4n) is 7.61.